The number of aliphatic hydroxyl groups is 22. The molecule has 8 aliphatic heterocycles. The summed E-state index contributed by atoms with van der Waals surface area (Å²) in [5.41, 5.74) is 0. The van der Waals surface area contributed by atoms with Gasteiger partial charge in [0.2, 0.25) is 23.6 Å². The van der Waals surface area contributed by atoms with Crippen LogP contribution in [0.2, 0.25) is 0 Å². The van der Waals surface area contributed by atoms with Gasteiger partial charge in [0.05, 0.1) is 71.1 Å². The first-order valence-electron chi connectivity index (χ1n) is 52.8. The van der Waals surface area contributed by atoms with Crippen molar-refractivity contribution in [3.8, 4) is 0 Å². The van der Waals surface area contributed by atoms with Crippen LogP contribution in [-0.4, -0.2) is 446 Å². The molecule has 46 heteroatoms. The lowest BCUT2D eigenvalue weighted by Gasteiger charge is -2.52. The van der Waals surface area contributed by atoms with Gasteiger partial charge in [-0.25, -0.2) is 0 Å². The number of unbranched alkanes of at least 4 members (excludes halogenated alkanes) is 33. The number of allylic oxidation sites excluding steroid dienone is 1. The molecule has 8 heterocycles. The molecule has 42 atom stereocenters. The van der Waals surface area contributed by atoms with Gasteiger partial charge in [-0.3, -0.25) is 19.2 Å². The molecule has 16 unspecified atom stereocenters. The molecule has 840 valence electrons. The van der Waals surface area contributed by atoms with E-state index in [0.717, 1.165) is 78.6 Å². The molecule has 0 aliphatic carbocycles. The van der Waals surface area contributed by atoms with Crippen LogP contribution in [0.15, 0.2) is 12.2 Å². The first-order valence-corrected chi connectivity index (χ1v) is 52.8. The maximum atomic E-state index is 13.7. The third-order valence-corrected chi connectivity index (χ3v) is 28.3. The predicted octanol–water partition coefficient (Wildman–Crippen LogP) is -2.48. The summed E-state index contributed by atoms with van der Waals surface area (Å²) >= 11 is 0. The molecule has 144 heavy (non-hydrogen) atoms. The summed E-state index contributed by atoms with van der Waals surface area (Å²) in [4.78, 5) is 53.3. The first kappa shape index (κ1) is 125. The second kappa shape index (κ2) is 66.3. The Hall–Kier alpha value is -3.90. The Morgan fingerprint density at radius 2 is 0.583 bits per heavy atom. The minimum atomic E-state index is -2.45. The Morgan fingerprint density at radius 1 is 0.285 bits per heavy atom. The number of nitrogens with one attached hydrogen (secondary N) is 4. The van der Waals surface area contributed by atoms with E-state index in [1.54, 1.807) is 6.08 Å². The standard InChI is InChI=1S/C98H176N4O42/c1-7-9-11-13-15-17-19-21-22-23-24-25-26-27-28-29-30-32-34-36-38-40-42-44-66(114)102-57(58(113)43-41-39-37-35-33-31-20-18-16-14-12-10-8-2)52-129-94-81(126)79(124)84(65(51-109)137-94)138-96-82(127)87(74(119)62(48-106)134-96)141-92-68(100-55(5)111)85(72(117)60(46-104)132-92)139-97-83(128)88(75(120)63(49-107)135-97)142-93-69(101-56(6)112)86(73(118)61(47-105)133-93)140-98-90(144-95-80(125)78(123)70(115)53(3)130-95)89(76(121)64(50-108)136-98)143-91-67(99-54(4)110)77(122)71(116)59(45-103)131-91/h41,43,53,57-65,67-98,103-109,113,115-128H,7-40,42,44-52H2,1-6H3,(H,99,110)(H,100,111)(H,101,112)(H,102,114)/b43-41+/t53?,57-,58+,59?,60?,61?,62?,63?,64?,65?,67?,68?,69?,70+,71-,72+,73+,74-,75-,76-,77+,78?,79+,80-,81?,82?,83?,84+,85+,86+,87-,88-,89-,90?,91+,92-,93-,94+,95+,96-,97-,98-/m0/s1. The van der Waals surface area contributed by atoms with Crippen LogP contribution in [0.4, 0.5) is 0 Å². The smallest absolute Gasteiger partial charge is 0.220 e. The van der Waals surface area contributed by atoms with Gasteiger partial charge in [-0.2, -0.15) is 0 Å². The third-order valence-electron chi connectivity index (χ3n) is 28.3. The highest BCUT2D eigenvalue weighted by atomic mass is 16.8. The second-order valence-corrected chi connectivity index (χ2v) is 39.8. The van der Waals surface area contributed by atoms with Crippen LogP contribution in [0.25, 0.3) is 0 Å². The zero-order chi connectivity index (χ0) is 105. The van der Waals surface area contributed by atoms with E-state index in [2.05, 4.69) is 35.1 Å². The number of carbonyl (C=O) groups is 4. The van der Waals surface area contributed by atoms with Crippen molar-refractivity contribution in [1.29, 1.82) is 0 Å². The largest absolute Gasteiger partial charge is 0.394 e. The third kappa shape index (κ3) is 37.5. The minimum Gasteiger partial charge on any atom is -0.394 e. The summed E-state index contributed by atoms with van der Waals surface area (Å²) in [6, 6.07) is -6.85. The van der Waals surface area contributed by atoms with E-state index in [9.17, 15) is 132 Å². The van der Waals surface area contributed by atoms with Crippen LogP contribution in [0.5, 0.6) is 0 Å². The maximum absolute atomic E-state index is 13.7. The molecule has 0 saturated carbocycles. The van der Waals surface area contributed by atoms with Gasteiger partial charge < -0.3 is 209 Å². The van der Waals surface area contributed by atoms with Crippen molar-refractivity contribution in [2.24, 2.45) is 0 Å². The van der Waals surface area contributed by atoms with Crippen molar-refractivity contribution in [1.82, 2.24) is 21.3 Å². The number of ether oxygens (including phenoxy) is 16. The Kier molecular flexibility index (Phi) is 57.6. The molecule has 26 N–H and O–H groups in total. The van der Waals surface area contributed by atoms with Crippen molar-refractivity contribution < 1.29 is 207 Å². The van der Waals surface area contributed by atoms with Gasteiger partial charge in [-0.15, -0.1) is 0 Å². The van der Waals surface area contributed by atoms with Gasteiger partial charge in [-0.1, -0.05) is 231 Å². The zero-order valence-electron chi connectivity index (χ0n) is 84.5. The van der Waals surface area contributed by atoms with Crippen molar-refractivity contribution in [2.45, 2.75) is 530 Å². The molecule has 0 radical (unpaired) electrons. The van der Waals surface area contributed by atoms with E-state index >= 15 is 0 Å². The van der Waals surface area contributed by atoms with Crippen LogP contribution < -0.4 is 21.3 Å². The summed E-state index contributed by atoms with van der Waals surface area (Å²) in [6.07, 6.45) is -31.8. The molecular formula is C98H176N4O42. The second-order valence-electron chi connectivity index (χ2n) is 39.8. The number of hydrogen-bond donors (Lipinski definition) is 26. The van der Waals surface area contributed by atoms with Crippen molar-refractivity contribution in [3.05, 3.63) is 12.2 Å². The molecule has 0 spiro atoms. The lowest BCUT2D eigenvalue weighted by atomic mass is 9.93. The van der Waals surface area contributed by atoms with E-state index in [-0.39, 0.29) is 12.3 Å². The quantitative estimate of drug-likeness (QED) is 0.0221. The molecular weight excluding hydrogens is 1910 g/mol. The number of amides is 4. The number of hydrogen-bond acceptors (Lipinski definition) is 42. The van der Waals surface area contributed by atoms with Crippen molar-refractivity contribution in [3.63, 3.8) is 0 Å². The van der Waals surface area contributed by atoms with Gasteiger partial charge in [0, 0.05) is 27.2 Å². The van der Waals surface area contributed by atoms with Crippen LogP contribution in [-0.2, 0) is 95.0 Å². The van der Waals surface area contributed by atoms with E-state index in [4.69, 9.17) is 75.8 Å². The molecule has 8 aliphatic rings. The Bertz CT molecular complexity index is 3530. The summed E-state index contributed by atoms with van der Waals surface area (Å²) in [5, 5.41) is 261. The number of aliphatic hydroxyl groups excluding tert-OH is 22. The Morgan fingerprint density at radius 3 is 0.986 bits per heavy atom. The summed E-state index contributed by atoms with van der Waals surface area (Å²) in [5.74, 6) is -3.14. The summed E-state index contributed by atoms with van der Waals surface area (Å²) < 4.78 is 97.3. The van der Waals surface area contributed by atoms with Gasteiger partial charge in [0.1, 0.15) is 189 Å². The minimum absolute atomic E-state index is 0.146. The normalized spacial score (nSPS) is 38.0. The highest BCUT2D eigenvalue weighted by molar-refractivity contribution is 5.76. The van der Waals surface area contributed by atoms with E-state index in [1.807, 2.05) is 6.08 Å². The Balaban J connectivity index is 0.936. The van der Waals surface area contributed by atoms with Gasteiger partial charge in [-0.05, 0) is 26.2 Å². The maximum Gasteiger partial charge on any atom is 0.220 e. The Labute approximate surface area is 844 Å². The highest BCUT2D eigenvalue weighted by Gasteiger charge is 2.62. The van der Waals surface area contributed by atoms with Crippen LogP contribution in [0.1, 0.15) is 273 Å². The molecule has 0 bridgehead atoms. The SMILES string of the molecule is CCCCCCCCCCCCC/C=C/[C@@H](O)[C@H](CO[C@@H]1OC(CO)[C@@H](O[C@@H]2OC(CO)[C@H](O)[C@H](O[C@@H]3OC(CO)[C@@H](O)[C@H](O[C@@H]4OC(CO)[C@H](O)[C@H](O[C@@H]5OC(CO)[C@@H](O)[C@H](O[C@@H]6OC(CO)[C@H](O)[C@H](O[C@H]7OC(CO)[C@H](O)[C@H](O)C7NC(C)=O)C6O[C@H]6OC(C)[C@@H](O)C(O)[C@@H]6O)C5NC(C)=O)C4O)C3NC(C)=O)C2O)[C@H](O)C1O)NC(=O)CCCCCCCCCCCCCCCCCCCCCCCCC. The van der Waals surface area contributed by atoms with Crippen LogP contribution in [0.3, 0.4) is 0 Å². The van der Waals surface area contributed by atoms with E-state index in [0.29, 0.717) is 12.8 Å². The number of rotatable bonds is 66. The molecule has 8 rings (SSSR count). The fourth-order valence-electron chi connectivity index (χ4n) is 19.8. The summed E-state index contributed by atoms with van der Waals surface area (Å²) in [6.45, 7) is 0.486. The topological polar surface area (TPSA) is 709 Å². The van der Waals surface area contributed by atoms with Gasteiger partial charge >= 0.3 is 0 Å². The molecule has 8 saturated heterocycles. The molecule has 0 aromatic carbocycles. The predicted molar refractivity (Wildman–Crippen MR) is 506 cm³/mol. The average molecular weight is 2080 g/mol. The average Bonchev–Trinajstić information content (AvgIpc) is 0.755. The lowest BCUT2D eigenvalue weighted by molar-refractivity contribution is -0.401. The van der Waals surface area contributed by atoms with Crippen LogP contribution >= 0.6 is 0 Å². The molecule has 0 aromatic rings. The van der Waals surface area contributed by atoms with Gasteiger partial charge in [0.25, 0.3) is 0 Å². The molecule has 46 nitrogen and oxygen atoms in total. The lowest BCUT2D eigenvalue weighted by Crippen LogP contribution is -2.71. The van der Waals surface area contributed by atoms with Crippen molar-refractivity contribution >= 4 is 23.6 Å². The fourth-order valence-corrected chi connectivity index (χ4v) is 19.8. The first-order chi connectivity index (χ1) is 69.1. The molecule has 4 amide bonds. The van der Waals surface area contributed by atoms with Gasteiger partial charge in [0.15, 0.2) is 50.3 Å². The van der Waals surface area contributed by atoms with E-state index < -0.39 is 328 Å². The molecule has 8 fully saturated rings. The monoisotopic (exact) mass is 2080 g/mol. The molecule has 0 aromatic heterocycles. The zero-order valence-corrected chi connectivity index (χ0v) is 84.5. The fraction of sp³-hybridized carbons (Fsp3) is 0.939. The van der Waals surface area contributed by atoms with Crippen molar-refractivity contribution in [2.75, 3.05) is 52.9 Å². The summed E-state index contributed by atoms with van der Waals surface area (Å²) in [7, 11) is 0. The highest BCUT2D eigenvalue weighted by Crippen LogP contribution is 2.41. The number of carbonyl (C=O) groups excluding carboxylic acids is 4. The van der Waals surface area contributed by atoms with Crippen LogP contribution in [0, 0.1) is 0 Å². The van der Waals surface area contributed by atoms with E-state index in [1.165, 1.54) is 161 Å².